The lowest BCUT2D eigenvalue weighted by atomic mass is 10.1. The summed E-state index contributed by atoms with van der Waals surface area (Å²) in [6.07, 6.45) is 0. The third kappa shape index (κ3) is 2.15. The lowest BCUT2D eigenvalue weighted by Gasteiger charge is -2.20. The molecule has 5 heteroatoms. The molecule has 4 nitrogen and oxygen atoms in total. The van der Waals surface area contributed by atoms with Gasteiger partial charge in [-0.3, -0.25) is 0 Å². The molecule has 1 aromatic carbocycles. The maximum Gasteiger partial charge on any atom is 0.341 e. The van der Waals surface area contributed by atoms with Crippen molar-refractivity contribution in [3.8, 4) is 5.75 Å². The van der Waals surface area contributed by atoms with E-state index < -0.39 is 0 Å². The average Bonchev–Trinajstić information content (AvgIpc) is 2.27. The highest BCUT2D eigenvalue weighted by atomic mass is 35.5. The molecule has 0 aliphatic carbocycles. The molecule has 0 saturated carbocycles. The molecule has 2 rings (SSSR count). The Morgan fingerprint density at radius 1 is 1.53 bits per heavy atom. The van der Waals surface area contributed by atoms with Crippen molar-refractivity contribution >= 4 is 24.1 Å². The van der Waals surface area contributed by atoms with Crippen LogP contribution in [0.15, 0.2) is 18.2 Å². The fourth-order valence-electron chi connectivity index (χ4n) is 1.44. The minimum Gasteiger partial charge on any atom is -0.489 e. The fourth-order valence-corrected chi connectivity index (χ4v) is 1.44. The Hall–Kier alpha value is -1.42. The summed E-state index contributed by atoms with van der Waals surface area (Å²) < 4.78 is 10.1. The number of para-hydroxylation sites is 1. The lowest BCUT2D eigenvalue weighted by molar-refractivity contribution is 0.0596. The van der Waals surface area contributed by atoms with Gasteiger partial charge in [-0.1, -0.05) is 6.07 Å². The first kappa shape index (κ1) is 11.7. The first-order valence-electron chi connectivity index (χ1n) is 4.41. The Kier molecular flexibility index (Phi) is 3.80. The van der Waals surface area contributed by atoms with Gasteiger partial charge < -0.3 is 14.8 Å². The molecule has 0 atom stereocenters. The number of hydrogen-bond acceptors (Lipinski definition) is 4. The molecule has 1 N–H and O–H groups in total. The number of anilines is 1. The van der Waals surface area contributed by atoms with Crippen LogP contribution < -0.4 is 10.1 Å². The molecule has 0 bridgehead atoms. The quantitative estimate of drug-likeness (QED) is 0.745. The Bertz CT molecular complexity index is 368. The van der Waals surface area contributed by atoms with Gasteiger partial charge >= 0.3 is 5.97 Å². The van der Waals surface area contributed by atoms with Gasteiger partial charge in [-0.25, -0.2) is 4.79 Å². The topological polar surface area (TPSA) is 47.6 Å². The van der Waals surface area contributed by atoms with E-state index in [2.05, 4.69) is 10.1 Å². The Morgan fingerprint density at radius 2 is 2.33 bits per heavy atom. The second-order valence-corrected chi connectivity index (χ2v) is 2.95. The van der Waals surface area contributed by atoms with Gasteiger partial charge in [-0.15, -0.1) is 12.4 Å². The largest absolute Gasteiger partial charge is 0.489 e. The molecule has 15 heavy (non-hydrogen) atoms. The van der Waals surface area contributed by atoms with E-state index in [9.17, 15) is 4.79 Å². The Morgan fingerprint density at radius 3 is 3.07 bits per heavy atom. The molecule has 0 saturated heterocycles. The number of ether oxygens (including phenoxy) is 2. The standard InChI is InChI=1S/C10H11NO3.ClH/c1-13-10(12)7-3-2-4-8-9(7)14-6-5-11-8;/h2-4,11H,5-6H2,1H3;1H. The molecular weight excluding hydrogens is 218 g/mol. The van der Waals surface area contributed by atoms with Crippen molar-refractivity contribution in [2.45, 2.75) is 0 Å². The molecule has 0 radical (unpaired) electrons. The number of nitrogens with one attached hydrogen (secondary N) is 1. The highest BCUT2D eigenvalue weighted by molar-refractivity contribution is 5.94. The van der Waals surface area contributed by atoms with Crippen molar-refractivity contribution in [3.05, 3.63) is 23.8 Å². The molecule has 0 spiro atoms. The number of hydrogen-bond donors (Lipinski definition) is 1. The van der Waals surface area contributed by atoms with E-state index in [4.69, 9.17) is 4.74 Å². The number of halogens is 1. The van der Waals surface area contributed by atoms with Crippen LogP contribution in [-0.4, -0.2) is 26.2 Å². The van der Waals surface area contributed by atoms with E-state index in [0.29, 0.717) is 17.9 Å². The van der Waals surface area contributed by atoms with Crippen LogP contribution in [0.25, 0.3) is 0 Å². The van der Waals surface area contributed by atoms with E-state index in [-0.39, 0.29) is 18.4 Å². The maximum atomic E-state index is 11.4. The van der Waals surface area contributed by atoms with Gasteiger partial charge in [0, 0.05) is 6.54 Å². The fraction of sp³-hybridized carbons (Fsp3) is 0.300. The third-order valence-corrected chi connectivity index (χ3v) is 2.08. The molecule has 82 valence electrons. The molecule has 0 fully saturated rings. The van der Waals surface area contributed by atoms with Crippen LogP contribution in [0.1, 0.15) is 10.4 Å². The average molecular weight is 230 g/mol. The number of methoxy groups -OCH3 is 1. The van der Waals surface area contributed by atoms with Gasteiger partial charge in [0.2, 0.25) is 0 Å². The van der Waals surface area contributed by atoms with E-state index in [1.165, 1.54) is 7.11 Å². The van der Waals surface area contributed by atoms with Crippen molar-refractivity contribution < 1.29 is 14.3 Å². The number of rotatable bonds is 1. The van der Waals surface area contributed by atoms with Crippen LogP contribution in [0.5, 0.6) is 5.75 Å². The van der Waals surface area contributed by atoms with E-state index in [0.717, 1.165) is 12.2 Å². The molecule has 1 aliphatic rings. The van der Waals surface area contributed by atoms with Crippen molar-refractivity contribution in [1.29, 1.82) is 0 Å². The molecule has 1 aliphatic heterocycles. The Balaban J connectivity index is 0.00000112. The summed E-state index contributed by atoms with van der Waals surface area (Å²) >= 11 is 0. The Labute approximate surface area is 94.0 Å². The smallest absolute Gasteiger partial charge is 0.341 e. The lowest BCUT2D eigenvalue weighted by Crippen LogP contribution is -2.20. The molecular formula is C10H12ClNO3. The van der Waals surface area contributed by atoms with Crippen molar-refractivity contribution in [2.24, 2.45) is 0 Å². The van der Waals surface area contributed by atoms with Gasteiger partial charge in [0.1, 0.15) is 12.2 Å². The van der Waals surface area contributed by atoms with Crippen LogP contribution in [0.4, 0.5) is 5.69 Å². The number of benzene rings is 1. The van der Waals surface area contributed by atoms with Gasteiger partial charge in [0.15, 0.2) is 5.75 Å². The summed E-state index contributed by atoms with van der Waals surface area (Å²) in [5, 5.41) is 3.15. The highest BCUT2D eigenvalue weighted by Gasteiger charge is 2.18. The SMILES string of the molecule is COC(=O)c1cccc2c1OCCN2.Cl. The van der Waals surface area contributed by atoms with Crippen LogP contribution in [0.3, 0.4) is 0 Å². The van der Waals surface area contributed by atoms with Crippen LogP contribution in [-0.2, 0) is 4.74 Å². The first-order valence-corrected chi connectivity index (χ1v) is 4.41. The van der Waals surface area contributed by atoms with E-state index in [1.54, 1.807) is 12.1 Å². The van der Waals surface area contributed by atoms with E-state index in [1.807, 2.05) is 6.07 Å². The second kappa shape index (κ2) is 4.89. The molecule has 1 heterocycles. The van der Waals surface area contributed by atoms with Gasteiger partial charge in [0.05, 0.1) is 12.8 Å². The summed E-state index contributed by atoms with van der Waals surface area (Å²) in [5.74, 6) is 0.219. The first-order chi connectivity index (χ1) is 6.83. The number of carbonyl (C=O) groups is 1. The number of fused-ring (bicyclic) bond motifs is 1. The van der Waals surface area contributed by atoms with Crippen LogP contribution in [0.2, 0.25) is 0 Å². The van der Waals surface area contributed by atoms with Crippen molar-refractivity contribution in [3.63, 3.8) is 0 Å². The van der Waals surface area contributed by atoms with Crippen LogP contribution in [0, 0.1) is 0 Å². The zero-order valence-corrected chi connectivity index (χ0v) is 9.10. The summed E-state index contributed by atoms with van der Waals surface area (Å²) in [6, 6.07) is 5.37. The minimum atomic E-state index is -0.370. The summed E-state index contributed by atoms with van der Waals surface area (Å²) in [5.41, 5.74) is 1.32. The summed E-state index contributed by atoms with van der Waals surface area (Å²) in [7, 11) is 1.36. The monoisotopic (exact) mass is 229 g/mol. The molecule has 0 amide bonds. The predicted octanol–water partition coefficient (Wildman–Crippen LogP) is 1.70. The minimum absolute atomic E-state index is 0. The van der Waals surface area contributed by atoms with Crippen LogP contribution >= 0.6 is 12.4 Å². The molecule has 0 unspecified atom stereocenters. The van der Waals surface area contributed by atoms with Gasteiger partial charge in [-0.2, -0.15) is 0 Å². The second-order valence-electron chi connectivity index (χ2n) is 2.95. The normalized spacial score (nSPS) is 12.6. The van der Waals surface area contributed by atoms with Crippen molar-refractivity contribution in [2.75, 3.05) is 25.6 Å². The van der Waals surface area contributed by atoms with Crippen molar-refractivity contribution in [1.82, 2.24) is 0 Å². The van der Waals surface area contributed by atoms with E-state index >= 15 is 0 Å². The molecule has 1 aromatic rings. The third-order valence-electron chi connectivity index (χ3n) is 2.08. The number of carbonyl (C=O) groups excluding carboxylic acids is 1. The number of esters is 1. The summed E-state index contributed by atoms with van der Waals surface area (Å²) in [4.78, 5) is 11.4. The zero-order valence-electron chi connectivity index (χ0n) is 8.28. The highest BCUT2D eigenvalue weighted by Crippen LogP contribution is 2.31. The predicted molar refractivity (Wildman–Crippen MR) is 59.0 cm³/mol. The summed E-state index contributed by atoms with van der Waals surface area (Å²) in [6.45, 7) is 1.33. The molecule has 0 aromatic heterocycles. The van der Waals surface area contributed by atoms with Gasteiger partial charge in [0.25, 0.3) is 0 Å². The zero-order chi connectivity index (χ0) is 9.97. The maximum absolute atomic E-state index is 11.4. The van der Waals surface area contributed by atoms with Gasteiger partial charge in [-0.05, 0) is 12.1 Å².